The lowest BCUT2D eigenvalue weighted by Gasteiger charge is -2.07. The maximum atomic E-state index is 13.0. The quantitative estimate of drug-likeness (QED) is 0.623. The highest BCUT2D eigenvalue weighted by atomic mass is 35.5. The molecule has 0 radical (unpaired) electrons. The van der Waals surface area contributed by atoms with Gasteiger partial charge in [0.05, 0.1) is 5.52 Å². The van der Waals surface area contributed by atoms with Gasteiger partial charge in [0.1, 0.15) is 0 Å². The number of nitrogens with zero attached hydrogens (tertiary/aromatic N) is 1. The van der Waals surface area contributed by atoms with Gasteiger partial charge in [0.15, 0.2) is 0 Å². The number of carbonyl (C=O) groups is 2. The number of carbonyl (C=O) groups excluding carboxylic acids is 2. The summed E-state index contributed by atoms with van der Waals surface area (Å²) < 4.78 is 1.63. The van der Waals surface area contributed by atoms with Gasteiger partial charge in [-0.3, -0.25) is 14.2 Å². The van der Waals surface area contributed by atoms with Crippen molar-refractivity contribution < 1.29 is 9.59 Å². The minimum atomic E-state index is -0.447. The van der Waals surface area contributed by atoms with Gasteiger partial charge in [0, 0.05) is 28.1 Å². The molecule has 3 nitrogen and oxygen atoms in total. The zero-order valence-corrected chi connectivity index (χ0v) is 14.8. The van der Waals surface area contributed by atoms with Crippen LogP contribution in [0.2, 0.25) is 5.02 Å². The van der Waals surface area contributed by atoms with Gasteiger partial charge >= 0.3 is 0 Å². The van der Waals surface area contributed by atoms with E-state index in [1.807, 2.05) is 32.0 Å². The minimum Gasteiger partial charge on any atom is -0.281 e. The lowest BCUT2D eigenvalue weighted by Crippen LogP contribution is -2.13. The molecule has 0 N–H and O–H groups in total. The first-order chi connectivity index (χ1) is 11.4. The summed E-state index contributed by atoms with van der Waals surface area (Å²) in [5.74, 6) is -0.161. The van der Waals surface area contributed by atoms with Crippen LogP contribution in [0.4, 0.5) is 0 Å². The van der Waals surface area contributed by atoms with Crippen LogP contribution < -0.4 is 0 Å². The van der Waals surface area contributed by atoms with Crippen LogP contribution in [0, 0.1) is 13.8 Å². The lowest BCUT2D eigenvalue weighted by atomic mass is 10.1. The smallest absolute Gasteiger partial charge is 0.262 e. The summed E-state index contributed by atoms with van der Waals surface area (Å²) in [5, 5.41) is 1.01. The molecule has 0 saturated heterocycles. The Morgan fingerprint density at radius 2 is 1.71 bits per heavy atom. The molecule has 0 aliphatic carbocycles. The number of aryl methyl sites for hydroxylation is 1. The van der Waals surface area contributed by atoms with E-state index in [1.165, 1.54) is 0 Å². The average molecular weight is 360 g/mol. The molecule has 0 unspecified atom stereocenters. The summed E-state index contributed by atoms with van der Waals surface area (Å²) >= 11 is 11.5. The van der Waals surface area contributed by atoms with E-state index in [4.69, 9.17) is 23.2 Å². The van der Waals surface area contributed by atoms with Crippen LogP contribution in [0.25, 0.3) is 10.9 Å². The van der Waals surface area contributed by atoms with Crippen molar-refractivity contribution in [3.63, 3.8) is 0 Å². The van der Waals surface area contributed by atoms with Crippen molar-refractivity contribution >= 4 is 45.3 Å². The van der Waals surface area contributed by atoms with Gasteiger partial charge in [-0.25, -0.2) is 0 Å². The number of rotatable bonds is 3. The first kappa shape index (κ1) is 16.7. The van der Waals surface area contributed by atoms with Gasteiger partial charge in [0.2, 0.25) is 5.24 Å². The Balaban J connectivity index is 2.24. The third-order valence-electron chi connectivity index (χ3n) is 4.10. The Morgan fingerprint density at radius 1 is 1.04 bits per heavy atom. The fraction of sp³-hybridized carbons (Fsp3) is 0.158. The van der Waals surface area contributed by atoms with E-state index in [2.05, 4.69) is 0 Å². The molecule has 1 heterocycles. The predicted octanol–water partition coefficient (Wildman–Crippen LogP) is 4.91. The van der Waals surface area contributed by atoms with E-state index in [-0.39, 0.29) is 12.3 Å². The van der Waals surface area contributed by atoms with Gasteiger partial charge < -0.3 is 0 Å². The monoisotopic (exact) mass is 359 g/mol. The summed E-state index contributed by atoms with van der Waals surface area (Å²) in [5.41, 5.74) is 3.87. The fourth-order valence-corrected chi connectivity index (χ4v) is 3.20. The van der Waals surface area contributed by atoms with E-state index in [0.29, 0.717) is 10.6 Å². The van der Waals surface area contributed by atoms with E-state index in [1.54, 1.807) is 28.8 Å². The second-order valence-electron chi connectivity index (χ2n) is 5.76. The van der Waals surface area contributed by atoms with Crippen molar-refractivity contribution in [3.05, 3.63) is 69.9 Å². The standard InChI is InChI=1S/C19H15Cl2NO2/c1-11-3-8-17-16(9-11)15(10-18(21)23)12(2)22(17)19(24)13-4-6-14(20)7-5-13/h3-9H,10H2,1-2H3. The van der Waals surface area contributed by atoms with Gasteiger partial charge in [-0.05, 0) is 67.4 Å². The van der Waals surface area contributed by atoms with Gasteiger partial charge in [-0.15, -0.1) is 0 Å². The Labute approximate surface area is 149 Å². The highest BCUT2D eigenvalue weighted by molar-refractivity contribution is 6.63. The molecule has 0 fully saturated rings. The third-order valence-corrected chi connectivity index (χ3v) is 4.49. The molecule has 0 saturated carbocycles. The van der Waals surface area contributed by atoms with Crippen LogP contribution in [-0.4, -0.2) is 15.7 Å². The Morgan fingerprint density at radius 3 is 2.33 bits per heavy atom. The zero-order chi connectivity index (χ0) is 17.4. The molecule has 122 valence electrons. The molecule has 0 aliphatic rings. The van der Waals surface area contributed by atoms with Gasteiger partial charge in [-0.1, -0.05) is 23.2 Å². The van der Waals surface area contributed by atoms with Crippen molar-refractivity contribution in [2.45, 2.75) is 20.3 Å². The molecule has 3 rings (SSSR count). The van der Waals surface area contributed by atoms with E-state index in [0.717, 1.165) is 27.7 Å². The summed E-state index contributed by atoms with van der Waals surface area (Å²) in [7, 11) is 0. The number of fused-ring (bicyclic) bond motifs is 1. The topological polar surface area (TPSA) is 39.1 Å². The largest absolute Gasteiger partial charge is 0.281 e. The fourth-order valence-electron chi connectivity index (χ4n) is 2.94. The minimum absolute atomic E-state index is 0.0915. The maximum absolute atomic E-state index is 13.0. The second kappa shape index (κ2) is 6.42. The highest BCUT2D eigenvalue weighted by Gasteiger charge is 2.21. The molecule has 3 aromatic rings. The average Bonchev–Trinajstić information content (AvgIpc) is 2.79. The number of hydrogen-bond donors (Lipinski definition) is 0. The van der Waals surface area contributed by atoms with Gasteiger partial charge in [0.25, 0.3) is 5.91 Å². The van der Waals surface area contributed by atoms with Crippen molar-refractivity contribution in [1.29, 1.82) is 0 Å². The number of aromatic nitrogens is 1. The first-order valence-electron chi connectivity index (χ1n) is 7.47. The Hall–Kier alpha value is -2.10. The number of benzene rings is 2. The van der Waals surface area contributed by atoms with Crippen LogP contribution in [0.5, 0.6) is 0 Å². The number of halogens is 2. The van der Waals surface area contributed by atoms with E-state index >= 15 is 0 Å². The zero-order valence-electron chi connectivity index (χ0n) is 13.3. The molecule has 24 heavy (non-hydrogen) atoms. The van der Waals surface area contributed by atoms with E-state index in [9.17, 15) is 9.59 Å². The Bertz CT molecular complexity index is 956. The van der Waals surface area contributed by atoms with Crippen molar-refractivity contribution in [3.8, 4) is 0 Å². The summed E-state index contributed by atoms with van der Waals surface area (Å²) in [4.78, 5) is 24.4. The molecule has 0 amide bonds. The summed E-state index contributed by atoms with van der Waals surface area (Å²) in [6, 6.07) is 12.6. The lowest BCUT2D eigenvalue weighted by molar-refractivity contribution is -0.111. The molecule has 0 atom stereocenters. The normalized spacial score (nSPS) is 11.0. The Kier molecular flexibility index (Phi) is 4.48. The van der Waals surface area contributed by atoms with Crippen molar-refractivity contribution in [2.24, 2.45) is 0 Å². The second-order valence-corrected chi connectivity index (χ2v) is 6.62. The third kappa shape index (κ3) is 2.97. The maximum Gasteiger partial charge on any atom is 0.262 e. The van der Waals surface area contributed by atoms with Gasteiger partial charge in [-0.2, -0.15) is 0 Å². The molecule has 0 aliphatic heterocycles. The molecular weight excluding hydrogens is 345 g/mol. The molecule has 0 bridgehead atoms. The molecule has 5 heteroatoms. The highest BCUT2D eigenvalue weighted by Crippen LogP contribution is 2.29. The van der Waals surface area contributed by atoms with Crippen LogP contribution in [0.15, 0.2) is 42.5 Å². The van der Waals surface area contributed by atoms with Crippen LogP contribution in [0.1, 0.15) is 27.2 Å². The SMILES string of the molecule is Cc1ccc2c(c1)c(CC(=O)Cl)c(C)n2C(=O)c1ccc(Cl)cc1. The number of hydrogen-bond acceptors (Lipinski definition) is 2. The molecule has 1 aromatic heterocycles. The van der Waals surface area contributed by atoms with Crippen LogP contribution in [0.3, 0.4) is 0 Å². The first-order valence-corrected chi connectivity index (χ1v) is 8.23. The molecular formula is C19H15Cl2NO2. The predicted molar refractivity (Wildman–Crippen MR) is 97.2 cm³/mol. The summed E-state index contributed by atoms with van der Waals surface area (Å²) in [6.07, 6.45) is 0.0915. The van der Waals surface area contributed by atoms with E-state index < -0.39 is 5.24 Å². The molecule has 0 spiro atoms. The van der Waals surface area contributed by atoms with Crippen molar-refractivity contribution in [2.75, 3.05) is 0 Å². The van der Waals surface area contributed by atoms with Crippen LogP contribution in [-0.2, 0) is 11.2 Å². The van der Waals surface area contributed by atoms with Crippen LogP contribution >= 0.6 is 23.2 Å². The summed E-state index contributed by atoms with van der Waals surface area (Å²) in [6.45, 7) is 3.80. The molecule has 2 aromatic carbocycles. The van der Waals surface area contributed by atoms with Crippen molar-refractivity contribution in [1.82, 2.24) is 4.57 Å².